The van der Waals surface area contributed by atoms with Crippen LogP contribution in [0.2, 0.25) is 0 Å². The molecular weight excluding hydrogens is 336 g/mol. The largest absolute Gasteiger partial charge is 0.491 e. The molecule has 1 heterocycles. The van der Waals surface area contributed by atoms with E-state index in [0.29, 0.717) is 22.8 Å². The lowest BCUT2D eigenvalue weighted by Crippen LogP contribution is -2.35. The topological polar surface area (TPSA) is 80.3 Å². The Hall–Kier alpha value is -2.93. The summed E-state index contributed by atoms with van der Waals surface area (Å²) in [6, 6.07) is 12.5. The SMILES string of the molecule is CN(C)c1cccc(C(=O)NCC(O)COc2ccc3c(c2)OCO3)c1. The van der Waals surface area contributed by atoms with Crippen molar-refractivity contribution in [3.05, 3.63) is 48.0 Å². The van der Waals surface area contributed by atoms with Crippen molar-refractivity contribution >= 4 is 11.6 Å². The highest BCUT2D eigenvalue weighted by molar-refractivity contribution is 5.95. The molecule has 7 heteroatoms. The number of carbonyl (C=O) groups excluding carboxylic acids is 1. The summed E-state index contributed by atoms with van der Waals surface area (Å²) < 4.78 is 16.0. The number of amides is 1. The first-order valence-corrected chi connectivity index (χ1v) is 8.29. The average Bonchev–Trinajstić information content (AvgIpc) is 3.12. The monoisotopic (exact) mass is 358 g/mol. The third-order valence-electron chi connectivity index (χ3n) is 3.91. The smallest absolute Gasteiger partial charge is 0.251 e. The zero-order valence-corrected chi connectivity index (χ0v) is 14.8. The molecule has 2 N–H and O–H groups in total. The number of carbonyl (C=O) groups is 1. The van der Waals surface area contributed by atoms with Crippen molar-refractivity contribution in [3.8, 4) is 17.2 Å². The summed E-state index contributed by atoms with van der Waals surface area (Å²) in [6.07, 6.45) is -0.832. The van der Waals surface area contributed by atoms with Gasteiger partial charge in [-0.1, -0.05) is 6.07 Å². The van der Waals surface area contributed by atoms with Crippen molar-refractivity contribution in [1.29, 1.82) is 0 Å². The Labute approximate surface area is 152 Å². The van der Waals surface area contributed by atoms with Crippen LogP contribution in [-0.4, -0.2) is 51.2 Å². The molecule has 0 aliphatic carbocycles. The molecule has 0 saturated heterocycles. The molecule has 0 bridgehead atoms. The van der Waals surface area contributed by atoms with Crippen LogP contribution in [0, 0.1) is 0 Å². The molecule has 3 rings (SSSR count). The van der Waals surface area contributed by atoms with Crippen LogP contribution in [-0.2, 0) is 0 Å². The van der Waals surface area contributed by atoms with E-state index < -0.39 is 6.10 Å². The van der Waals surface area contributed by atoms with Crippen LogP contribution >= 0.6 is 0 Å². The van der Waals surface area contributed by atoms with Crippen LogP contribution < -0.4 is 24.4 Å². The van der Waals surface area contributed by atoms with Crippen molar-refractivity contribution in [3.63, 3.8) is 0 Å². The quantitative estimate of drug-likeness (QED) is 0.783. The first kappa shape index (κ1) is 17.9. The van der Waals surface area contributed by atoms with Crippen molar-refractivity contribution < 1.29 is 24.1 Å². The van der Waals surface area contributed by atoms with Gasteiger partial charge in [0, 0.05) is 38.0 Å². The molecule has 26 heavy (non-hydrogen) atoms. The van der Waals surface area contributed by atoms with E-state index >= 15 is 0 Å². The van der Waals surface area contributed by atoms with Gasteiger partial charge in [-0.15, -0.1) is 0 Å². The van der Waals surface area contributed by atoms with Gasteiger partial charge in [-0.2, -0.15) is 0 Å². The fourth-order valence-electron chi connectivity index (χ4n) is 2.46. The molecule has 1 aliphatic rings. The number of nitrogens with zero attached hydrogens (tertiary/aromatic N) is 1. The van der Waals surface area contributed by atoms with Gasteiger partial charge in [0.05, 0.1) is 0 Å². The normalized spacial score (nSPS) is 13.2. The maximum absolute atomic E-state index is 12.2. The number of rotatable bonds is 7. The van der Waals surface area contributed by atoms with E-state index in [-0.39, 0.29) is 25.9 Å². The minimum absolute atomic E-state index is 0.0532. The molecule has 1 unspecified atom stereocenters. The number of aliphatic hydroxyl groups is 1. The number of hydrogen-bond donors (Lipinski definition) is 2. The predicted octanol–water partition coefficient (Wildman–Crippen LogP) is 1.65. The Balaban J connectivity index is 1.47. The lowest BCUT2D eigenvalue weighted by atomic mass is 10.2. The summed E-state index contributed by atoms with van der Waals surface area (Å²) in [7, 11) is 3.82. The zero-order valence-electron chi connectivity index (χ0n) is 14.8. The zero-order chi connectivity index (χ0) is 18.5. The number of ether oxygens (including phenoxy) is 3. The van der Waals surface area contributed by atoms with E-state index in [2.05, 4.69) is 5.32 Å². The van der Waals surface area contributed by atoms with Gasteiger partial charge in [0.15, 0.2) is 11.5 Å². The van der Waals surface area contributed by atoms with Crippen LogP contribution in [0.25, 0.3) is 0 Å². The fraction of sp³-hybridized carbons (Fsp3) is 0.316. The van der Waals surface area contributed by atoms with Crippen LogP contribution in [0.3, 0.4) is 0 Å². The fourth-order valence-corrected chi connectivity index (χ4v) is 2.46. The highest BCUT2D eigenvalue weighted by Gasteiger charge is 2.15. The molecule has 1 atom stereocenters. The summed E-state index contributed by atoms with van der Waals surface area (Å²) >= 11 is 0. The molecule has 0 saturated carbocycles. The minimum Gasteiger partial charge on any atom is -0.491 e. The molecule has 2 aromatic rings. The Morgan fingerprint density at radius 3 is 2.85 bits per heavy atom. The van der Waals surface area contributed by atoms with Gasteiger partial charge in [-0.3, -0.25) is 4.79 Å². The first-order valence-electron chi connectivity index (χ1n) is 8.29. The van der Waals surface area contributed by atoms with Gasteiger partial charge < -0.3 is 29.5 Å². The van der Waals surface area contributed by atoms with Crippen molar-refractivity contribution in [2.24, 2.45) is 0 Å². The van der Waals surface area contributed by atoms with E-state index in [9.17, 15) is 9.90 Å². The van der Waals surface area contributed by atoms with E-state index in [1.807, 2.05) is 31.1 Å². The third kappa shape index (κ3) is 4.37. The molecule has 0 radical (unpaired) electrons. The molecule has 0 aromatic heterocycles. The highest BCUT2D eigenvalue weighted by Crippen LogP contribution is 2.35. The summed E-state index contributed by atoms with van der Waals surface area (Å²) in [4.78, 5) is 14.1. The molecule has 1 amide bonds. The number of aliphatic hydroxyl groups excluding tert-OH is 1. The third-order valence-corrected chi connectivity index (χ3v) is 3.91. The Bertz CT molecular complexity index is 778. The van der Waals surface area contributed by atoms with Gasteiger partial charge in [0.25, 0.3) is 5.91 Å². The van der Waals surface area contributed by atoms with Crippen molar-refractivity contribution in [2.45, 2.75) is 6.10 Å². The van der Waals surface area contributed by atoms with Crippen LogP contribution in [0.1, 0.15) is 10.4 Å². The van der Waals surface area contributed by atoms with E-state index in [4.69, 9.17) is 14.2 Å². The lowest BCUT2D eigenvalue weighted by Gasteiger charge is -2.15. The second-order valence-corrected chi connectivity index (χ2v) is 6.13. The first-order chi connectivity index (χ1) is 12.5. The van der Waals surface area contributed by atoms with Crippen molar-refractivity contribution in [1.82, 2.24) is 5.32 Å². The Morgan fingerprint density at radius 1 is 1.23 bits per heavy atom. The number of hydrogen-bond acceptors (Lipinski definition) is 6. The molecule has 138 valence electrons. The lowest BCUT2D eigenvalue weighted by molar-refractivity contribution is 0.0843. The van der Waals surface area contributed by atoms with Gasteiger partial charge in [-0.05, 0) is 30.3 Å². The molecule has 1 aliphatic heterocycles. The Kier molecular flexibility index (Phi) is 5.48. The van der Waals surface area contributed by atoms with E-state index in [0.717, 1.165) is 5.69 Å². The van der Waals surface area contributed by atoms with Crippen LogP contribution in [0.4, 0.5) is 5.69 Å². The van der Waals surface area contributed by atoms with Gasteiger partial charge in [-0.25, -0.2) is 0 Å². The van der Waals surface area contributed by atoms with Gasteiger partial charge in [0.2, 0.25) is 6.79 Å². The molecular formula is C19H22N2O5. The number of anilines is 1. The van der Waals surface area contributed by atoms with Crippen LogP contribution in [0.5, 0.6) is 17.2 Å². The van der Waals surface area contributed by atoms with Crippen LogP contribution in [0.15, 0.2) is 42.5 Å². The minimum atomic E-state index is -0.832. The van der Waals surface area contributed by atoms with Gasteiger partial charge >= 0.3 is 0 Å². The summed E-state index contributed by atoms with van der Waals surface area (Å²) in [5, 5.41) is 12.7. The molecule has 7 nitrogen and oxygen atoms in total. The second kappa shape index (κ2) is 7.97. The molecule has 2 aromatic carbocycles. The summed E-state index contributed by atoms with van der Waals surface area (Å²) in [5.74, 6) is 1.62. The summed E-state index contributed by atoms with van der Waals surface area (Å²) in [5.41, 5.74) is 1.48. The summed E-state index contributed by atoms with van der Waals surface area (Å²) in [6.45, 7) is 0.343. The maximum atomic E-state index is 12.2. The highest BCUT2D eigenvalue weighted by atomic mass is 16.7. The number of benzene rings is 2. The molecule has 0 spiro atoms. The maximum Gasteiger partial charge on any atom is 0.251 e. The van der Waals surface area contributed by atoms with E-state index in [1.165, 1.54) is 0 Å². The average molecular weight is 358 g/mol. The predicted molar refractivity (Wildman–Crippen MR) is 97.2 cm³/mol. The standard InChI is InChI=1S/C19H22N2O5/c1-21(2)14-5-3-4-13(8-14)19(23)20-10-15(22)11-24-16-6-7-17-18(9-16)26-12-25-17/h3-9,15,22H,10-12H2,1-2H3,(H,20,23). The second-order valence-electron chi connectivity index (χ2n) is 6.13. The Morgan fingerprint density at radius 2 is 2.04 bits per heavy atom. The van der Waals surface area contributed by atoms with Crippen molar-refractivity contribution in [2.75, 3.05) is 38.9 Å². The number of fused-ring (bicyclic) bond motifs is 1. The van der Waals surface area contributed by atoms with E-state index in [1.54, 1.807) is 30.3 Å². The molecule has 0 fully saturated rings. The number of nitrogens with one attached hydrogen (secondary N) is 1. The van der Waals surface area contributed by atoms with Gasteiger partial charge in [0.1, 0.15) is 18.5 Å².